The molecule has 1 aliphatic heterocycles. The van der Waals surface area contributed by atoms with E-state index in [1.165, 1.54) is 0 Å². The van der Waals surface area contributed by atoms with Crippen LogP contribution in [0.3, 0.4) is 0 Å². The summed E-state index contributed by atoms with van der Waals surface area (Å²) in [5.41, 5.74) is 11.0. The summed E-state index contributed by atoms with van der Waals surface area (Å²) < 4.78 is 5.44. The molecule has 1 heterocycles. The summed E-state index contributed by atoms with van der Waals surface area (Å²) in [4.78, 5) is 3.65. The molecule has 1 radical (unpaired) electrons. The molecular weight excluding hydrogens is 262 g/mol. The Bertz CT molecular complexity index is 740. The van der Waals surface area contributed by atoms with Crippen LogP contribution in [-0.2, 0) is 4.74 Å². The van der Waals surface area contributed by atoms with Crippen LogP contribution in [0, 0.1) is 6.08 Å². The number of ether oxygens (including phenoxy) is 1. The van der Waals surface area contributed by atoms with Crippen molar-refractivity contribution in [2.24, 2.45) is 0 Å². The Morgan fingerprint density at radius 1 is 1.15 bits per heavy atom. The topological polar surface area (TPSA) is 24.6 Å². The highest BCUT2D eigenvalue weighted by Crippen LogP contribution is 2.49. The van der Waals surface area contributed by atoms with Gasteiger partial charge in [-0.15, -0.1) is 11.5 Å². The molecule has 1 saturated heterocycles. The van der Waals surface area contributed by atoms with Crippen LogP contribution >= 0.6 is 0 Å². The Hall–Kier alpha value is -2.18. The quantitative estimate of drug-likeness (QED) is 0.484. The van der Waals surface area contributed by atoms with E-state index in [9.17, 15) is 0 Å². The van der Waals surface area contributed by atoms with Crippen LogP contribution in [0.5, 0.6) is 0 Å². The van der Waals surface area contributed by atoms with Gasteiger partial charge in [0.15, 0.2) is 11.5 Å². The molecule has 99 valence electrons. The van der Waals surface area contributed by atoms with Gasteiger partial charge in [-0.2, -0.15) is 0 Å². The summed E-state index contributed by atoms with van der Waals surface area (Å²) in [5.74, 6) is 1.69. The molecule has 0 bridgehead atoms. The fourth-order valence-electron chi connectivity index (χ4n) is 2.39. The molecular formula is C17H16NOSi. The molecule has 0 aromatic carbocycles. The molecule has 20 heavy (non-hydrogen) atoms. The van der Waals surface area contributed by atoms with Crippen LogP contribution in [0.15, 0.2) is 76.3 Å². The lowest BCUT2D eigenvalue weighted by Crippen LogP contribution is -2.40. The number of hydrogen-bond donors (Lipinski definition) is 1. The first-order valence-corrected chi connectivity index (χ1v) is 10.0. The Kier molecular flexibility index (Phi) is 2.67. The molecule has 0 spiro atoms. The van der Waals surface area contributed by atoms with Crippen molar-refractivity contribution in [2.75, 3.05) is 0 Å². The van der Waals surface area contributed by atoms with Crippen molar-refractivity contribution >= 4 is 8.24 Å². The normalized spacial score (nSPS) is 19.6. The average Bonchev–Trinajstić information content (AvgIpc) is 2.87. The van der Waals surface area contributed by atoms with Crippen molar-refractivity contribution in [3.05, 3.63) is 82.4 Å². The third-order valence-corrected chi connectivity index (χ3v) is 4.19. The van der Waals surface area contributed by atoms with Gasteiger partial charge in [0.2, 0.25) is 0 Å². The van der Waals surface area contributed by atoms with E-state index in [0.717, 1.165) is 39.5 Å². The van der Waals surface area contributed by atoms with Crippen LogP contribution in [0.1, 0.15) is 0 Å². The van der Waals surface area contributed by atoms with E-state index in [1.54, 1.807) is 0 Å². The van der Waals surface area contributed by atoms with E-state index in [4.69, 9.17) is 4.74 Å². The maximum Gasteiger partial charge on any atom is 0.180 e. The second-order valence-corrected chi connectivity index (χ2v) is 10.6. The predicted molar refractivity (Wildman–Crippen MR) is 82.8 cm³/mol. The van der Waals surface area contributed by atoms with Gasteiger partial charge < -0.3 is 9.72 Å². The van der Waals surface area contributed by atoms with E-state index in [0.29, 0.717) is 0 Å². The minimum atomic E-state index is -1.45. The van der Waals surface area contributed by atoms with Gasteiger partial charge in [-0.1, -0.05) is 32.8 Å². The van der Waals surface area contributed by atoms with Gasteiger partial charge in [0.05, 0.1) is 0 Å². The lowest BCUT2D eigenvalue weighted by molar-refractivity contribution is 0.545. The summed E-state index contributed by atoms with van der Waals surface area (Å²) in [5, 5.41) is 0. The first-order valence-electron chi connectivity index (χ1n) is 6.53. The number of fused-ring (bicyclic) bond motifs is 1. The summed E-state index contributed by atoms with van der Waals surface area (Å²) in [6.45, 7) is 14.3. The molecule has 0 unspecified atom stereocenters. The van der Waals surface area contributed by atoms with Crippen molar-refractivity contribution in [3.63, 3.8) is 0 Å². The third kappa shape index (κ3) is 1.99. The molecule has 3 heteroatoms. The van der Waals surface area contributed by atoms with Gasteiger partial charge in [-0.25, -0.2) is 0 Å². The zero-order valence-corrected chi connectivity index (χ0v) is 13.0. The van der Waals surface area contributed by atoms with E-state index < -0.39 is 8.24 Å². The highest BCUT2D eigenvalue weighted by atomic mass is 28.3. The summed E-state index contributed by atoms with van der Waals surface area (Å²) in [6, 6.07) is 0. The van der Waals surface area contributed by atoms with Gasteiger partial charge in [-0.05, 0) is 12.2 Å². The largest absolute Gasteiger partial charge is 0.448 e. The zero-order valence-electron chi connectivity index (χ0n) is 12.0. The molecule has 0 aromatic rings. The minimum Gasteiger partial charge on any atom is -0.448 e. The van der Waals surface area contributed by atoms with Crippen LogP contribution in [0.25, 0.3) is 0 Å². The maximum absolute atomic E-state index is 5.44. The molecule has 1 fully saturated rings. The molecule has 1 N–H and O–H groups in total. The predicted octanol–water partition coefficient (Wildman–Crippen LogP) is 3.64. The number of rotatable bonds is 3. The maximum atomic E-state index is 5.44. The van der Waals surface area contributed by atoms with E-state index in [1.807, 2.05) is 6.08 Å². The molecule has 0 amide bonds. The molecule has 2 aliphatic carbocycles. The van der Waals surface area contributed by atoms with Gasteiger partial charge in [0.1, 0.15) is 8.24 Å². The molecule has 3 aliphatic rings. The van der Waals surface area contributed by atoms with Crippen molar-refractivity contribution in [2.45, 2.75) is 19.6 Å². The Labute approximate surface area is 120 Å². The van der Waals surface area contributed by atoms with Gasteiger partial charge in [-0.3, -0.25) is 0 Å². The third-order valence-electron chi connectivity index (χ3n) is 3.17. The molecule has 0 aromatic heterocycles. The van der Waals surface area contributed by atoms with E-state index in [-0.39, 0.29) is 0 Å². The van der Waals surface area contributed by atoms with Gasteiger partial charge >= 0.3 is 0 Å². The SMILES string of the molecule is C=C=C1[C]=C2OC2=C1C1=C(N[Si](C)(C)C)C=CC1=C=C. The van der Waals surface area contributed by atoms with Crippen molar-refractivity contribution in [3.8, 4) is 0 Å². The van der Waals surface area contributed by atoms with Crippen LogP contribution in [0.4, 0.5) is 0 Å². The van der Waals surface area contributed by atoms with Crippen molar-refractivity contribution in [1.29, 1.82) is 0 Å². The van der Waals surface area contributed by atoms with Crippen LogP contribution in [-0.4, -0.2) is 8.24 Å². The fraction of sp³-hybridized carbons (Fsp3) is 0.176. The Morgan fingerprint density at radius 2 is 1.90 bits per heavy atom. The zero-order chi connectivity index (χ0) is 14.5. The summed E-state index contributed by atoms with van der Waals surface area (Å²) in [7, 11) is -1.45. The Balaban J connectivity index is 2.14. The number of epoxide rings is 1. The lowest BCUT2D eigenvalue weighted by Gasteiger charge is -2.21. The van der Waals surface area contributed by atoms with Crippen LogP contribution in [0.2, 0.25) is 19.6 Å². The smallest absolute Gasteiger partial charge is 0.180 e. The molecule has 0 atom stereocenters. The molecule has 2 nitrogen and oxygen atoms in total. The lowest BCUT2D eigenvalue weighted by atomic mass is 9.96. The van der Waals surface area contributed by atoms with E-state index >= 15 is 0 Å². The van der Waals surface area contributed by atoms with Gasteiger partial charge in [0, 0.05) is 34.1 Å². The standard InChI is InChI=1S/C17H16NOSi/c1-6-11-8-9-13(18-20(3,4)5)15(11)16-12(7-2)10-14-17(16)19-14/h8-9,18H,1-2H2,3-5H3. The second kappa shape index (κ2) is 4.16. The summed E-state index contributed by atoms with van der Waals surface area (Å²) >= 11 is 0. The number of nitrogens with one attached hydrogen (secondary N) is 1. The van der Waals surface area contributed by atoms with Crippen molar-refractivity contribution in [1.82, 2.24) is 4.98 Å². The second-order valence-electron chi connectivity index (χ2n) is 5.90. The number of allylic oxidation sites excluding steroid dienone is 7. The van der Waals surface area contributed by atoms with Crippen molar-refractivity contribution < 1.29 is 4.74 Å². The first kappa shape index (κ1) is 12.8. The first-order chi connectivity index (χ1) is 9.44. The Morgan fingerprint density at radius 3 is 2.50 bits per heavy atom. The summed E-state index contributed by atoms with van der Waals surface area (Å²) in [6.07, 6.45) is 7.26. The highest BCUT2D eigenvalue weighted by Gasteiger charge is 2.41. The van der Waals surface area contributed by atoms with Crippen LogP contribution < -0.4 is 4.98 Å². The van der Waals surface area contributed by atoms with Gasteiger partial charge in [0.25, 0.3) is 0 Å². The molecule has 0 saturated carbocycles. The minimum absolute atomic E-state index is 0.807. The number of hydrogen-bond acceptors (Lipinski definition) is 2. The molecule has 3 rings (SSSR count). The fourth-order valence-corrected chi connectivity index (χ4v) is 3.40. The monoisotopic (exact) mass is 278 g/mol. The van der Waals surface area contributed by atoms with E-state index in [2.05, 4.69) is 61.4 Å². The highest BCUT2D eigenvalue weighted by molar-refractivity contribution is 6.74. The average molecular weight is 278 g/mol.